The molecule has 4 rings (SSSR count). The van der Waals surface area contributed by atoms with Gasteiger partial charge in [-0.05, 0) is 48.6 Å². The van der Waals surface area contributed by atoms with Crippen molar-refractivity contribution in [3.8, 4) is 5.75 Å². The van der Waals surface area contributed by atoms with Crippen LogP contribution in [0.25, 0.3) is 10.9 Å². The van der Waals surface area contributed by atoms with E-state index in [1.165, 1.54) is 20.0 Å². The summed E-state index contributed by atoms with van der Waals surface area (Å²) in [5.74, 6) is 0.0365. The van der Waals surface area contributed by atoms with Crippen molar-refractivity contribution in [3.05, 3.63) is 71.9 Å². The van der Waals surface area contributed by atoms with Gasteiger partial charge in [0, 0.05) is 5.39 Å². The molecule has 1 fully saturated rings. The Hall–Kier alpha value is -2.96. The van der Waals surface area contributed by atoms with Crippen molar-refractivity contribution < 1.29 is 19.6 Å². The summed E-state index contributed by atoms with van der Waals surface area (Å²) in [4.78, 5) is 22.3. The van der Waals surface area contributed by atoms with Crippen molar-refractivity contribution in [1.29, 1.82) is 0 Å². The number of carbonyl (C=O) groups excluding carboxylic acids is 1. The van der Waals surface area contributed by atoms with E-state index in [2.05, 4.69) is 4.98 Å². The second-order valence-corrected chi connectivity index (χ2v) is 8.38. The molecule has 1 atom stereocenters. The third kappa shape index (κ3) is 5.26. The maximum atomic E-state index is 12.9. The van der Waals surface area contributed by atoms with Gasteiger partial charge in [0.1, 0.15) is 12.4 Å². The quantitative estimate of drug-likeness (QED) is 0.296. The lowest BCUT2D eigenvalue weighted by atomic mass is 9.81. The fraction of sp³-hybridized carbons (Fsp3) is 0.385. The molecule has 0 aliphatic heterocycles. The van der Waals surface area contributed by atoms with Crippen LogP contribution in [0.2, 0.25) is 0 Å². The summed E-state index contributed by atoms with van der Waals surface area (Å²) in [5.41, 5.74) is 2.67. The van der Waals surface area contributed by atoms with Gasteiger partial charge in [-0.25, -0.2) is 9.82 Å². The molecular formula is C26H30N2O4. The molecule has 2 aromatic carbocycles. The largest absolute Gasteiger partial charge is 0.487 e. The fourth-order valence-corrected chi connectivity index (χ4v) is 4.59. The number of fused-ring (bicyclic) bond motifs is 1. The number of para-hydroxylation sites is 1. The summed E-state index contributed by atoms with van der Waals surface area (Å²) in [6, 6.07) is 19.6. The highest BCUT2D eigenvalue weighted by Crippen LogP contribution is 2.37. The first-order valence-corrected chi connectivity index (χ1v) is 11.3. The molecule has 6 nitrogen and oxygen atoms in total. The summed E-state index contributed by atoms with van der Waals surface area (Å²) in [5, 5.41) is 11.4. The van der Waals surface area contributed by atoms with Crippen molar-refractivity contribution in [1.82, 2.24) is 10.2 Å². The Labute approximate surface area is 188 Å². The topological polar surface area (TPSA) is 71.9 Å². The Morgan fingerprint density at radius 1 is 1.03 bits per heavy atom. The van der Waals surface area contributed by atoms with Crippen LogP contribution in [0, 0.1) is 5.92 Å². The van der Waals surface area contributed by atoms with Crippen LogP contribution < -0.4 is 4.74 Å². The molecule has 1 amide bonds. The average Bonchev–Trinajstić information content (AvgIpc) is 3.12. The second kappa shape index (κ2) is 10.6. The van der Waals surface area contributed by atoms with Crippen LogP contribution in [0.1, 0.15) is 55.7 Å². The van der Waals surface area contributed by atoms with Gasteiger partial charge in [-0.3, -0.25) is 10.0 Å². The Bertz CT molecular complexity index is 1030. The van der Waals surface area contributed by atoms with E-state index in [-0.39, 0.29) is 5.92 Å². The van der Waals surface area contributed by atoms with Gasteiger partial charge in [0.25, 0.3) is 5.91 Å². The van der Waals surface area contributed by atoms with Gasteiger partial charge >= 0.3 is 0 Å². The number of aromatic nitrogens is 1. The molecule has 0 radical (unpaired) electrons. The summed E-state index contributed by atoms with van der Waals surface area (Å²) in [6.45, 7) is 0.364. The summed E-state index contributed by atoms with van der Waals surface area (Å²) >= 11 is 0. The van der Waals surface area contributed by atoms with Gasteiger partial charge in [0.2, 0.25) is 0 Å². The number of nitrogens with zero attached hydrogens (tertiary/aromatic N) is 2. The first-order valence-electron chi connectivity index (χ1n) is 11.3. The molecule has 1 aliphatic carbocycles. The van der Waals surface area contributed by atoms with E-state index >= 15 is 0 Å². The fourth-order valence-electron chi connectivity index (χ4n) is 4.59. The predicted molar refractivity (Wildman–Crippen MR) is 122 cm³/mol. The molecule has 1 aromatic heterocycles. The zero-order valence-electron chi connectivity index (χ0n) is 18.4. The Morgan fingerprint density at radius 2 is 1.75 bits per heavy atom. The number of hydroxylamine groups is 2. The van der Waals surface area contributed by atoms with E-state index in [0.717, 1.165) is 47.8 Å². The van der Waals surface area contributed by atoms with Gasteiger partial charge in [-0.15, -0.1) is 0 Å². The lowest BCUT2D eigenvalue weighted by Crippen LogP contribution is -2.35. The molecule has 0 saturated heterocycles. The Balaban J connectivity index is 1.48. The van der Waals surface area contributed by atoms with E-state index in [4.69, 9.17) is 9.57 Å². The van der Waals surface area contributed by atoms with Crippen LogP contribution >= 0.6 is 0 Å². The molecule has 0 bridgehead atoms. The standard InChI is InChI=1S/C26H30N2O4/c1-31-28(30)26(29)25(20-9-4-2-3-5-10-20)21-13-16-23(17-14-21)32-18-22-15-12-19-8-6-7-11-24(19)27-22/h6-8,11-17,20,25,30H,2-5,9-10,18H2,1H3. The molecule has 1 saturated carbocycles. The lowest BCUT2D eigenvalue weighted by Gasteiger charge is -2.27. The third-order valence-electron chi connectivity index (χ3n) is 6.28. The van der Waals surface area contributed by atoms with Gasteiger partial charge in [0.15, 0.2) is 0 Å². The summed E-state index contributed by atoms with van der Waals surface area (Å²) in [6.07, 6.45) is 6.54. The van der Waals surface area contributed by atoms with Crippen molar-refractivity contribution in [2.75, 3.05) is 7.11 Å². The Kier molecular flexibility index (Phi) is 7.35. The molecule has 1 heterocycles. The maximum Gasteiger partial charge on any atom is 0.280 e. The van der Waals surface area contributed by atoms with Gasteiger partial charge in [-0.1, -0.05) is 67.3 Å². The smallest absolute Gasteiger partial charge is 0.280 e. The van der Waals surface area contributed by atoms with E-state index in [1.54, 1.807) is 0 Å². The van der Waals surface area contributed by atoms with Crippen molar-refractivity contribution in [2.45, 2.75) is 51.0 Å². The van der Waals surface area contributed by atoms with Crippen LogP contribution in [0.15, 0.2) is 60.7 Å². The minimum Gasteiger partial charge on any atom is -0.487 e. The molecule has 32 heavy (non-hydrogen) atoms. The van der Waals surface area contributed by atoms with E-state index in [1.807, 2.05) is 60.7 Å². The van der Waals surface area contributed by atoms with Gasteiger partial charge in [0.05, 0.1) is 24.2 Å². The average molecular weight is 435 g/mol. The van der Waals surface area contributed by atoms with Crippen molar-refractivity contribution in [3.63, 3.8) is 0 Å². The highest BCUT2D eigenvalue weighted by atomic mass is 16.9. The predicted octanol–water partition coefficient (Wildman–Crippen LogP) is 5.65. The second-order valence-electron chi connectivity index (χ2n) is 8.38. The molecule has 1 unspecified atom stereocenters. The number of pyridine rings is 1. The summed E-state index contributed by atoms with van der Waals surface area (Å²) in [7, 11) is 1.29. The zero-order chi connectivity index (χ0) is 22.3. The first-order chi connectivity index (χ1) is 15.7. The van der Waals surface area contributed by atoms with Crippen LogP contribution in [-0.4, -0.2) is 28.4 Å². The number of benzene rings is 2. The highest BCUT2D eigenvalue weighted by Gasteiger charge is 2.33. The van der Waals surface area contributed by atoms with Gasteiger partial charge < -0.3 is 4.74 Å². The van der Waals surface area contributed by atoms with Gasteiger partial charge in [-0.2, -0.15) is 0 Å². The molecule has 1 aliphatic rings. The van der Waals surface area contributed by atoms with Crippen LogP contribution in [0.3, 0.4) is 0 Å². The molecule has 168 valence electrons. The van der Waals surface area contributed by atoms with Crippen molar-refractivity contribution >= 4 is 16.8 Å². The minimum absolute atomic E-state index is 0.184. The Morgan fingerprint density at radius 3 is 2.47 bits per heavy atom. The van der Waals surface area contributed by atoms with E-state index < -0.39 is 11.8 Å². The SMILES string of the molecule is CON(O)C(=O)C(c1ccc(OCc2ccc3ccccc3n2)cc1)C1CCCCCC1. The van der Waals surface area contributed by atoms with E-state index in [0.29, 0.717) is 17.6 Å². The summed E-state index contributed by atoms with van der Waals surface area (Å²) < 4.78 is 5.94. The zero-order valence-corrected chi connectivity index (χ0v) is 18.4. The normalized spacial score (nSPS) is 15.8. The molecule has 3 aromatic rings. The van der Waals surface area contributed by atoms with Crippen LogP contribution in [0.4, 0.5) is 0 Å². The number of rotatable bonds is 7. The molecule has 0 spiro atoms. The monoisotopic (exact) mass is 434 g/mol. The first kappa shape index (κ1) is 22.2. The van der Waals surface area contributed by atoms with Crippen LogP contribution in [0.5, 0.6) is 5.75 Å². The number of ether oxygens (including phenoxy) is 1. The van der Waals surface area contributed by atoms with Crippen LogP contribution in [-0.2, 0) is 16.2 Å². The van der Waals surface area contributed by atoms with E-state index in [9.17, 15) is 10.0 Å². The maximum absolute atomic E-state index is 12.9. The third-order valence-corrected chi connectivity index (χ3v) is 6.28. The van der Waals surface area contributed by atoms with Crippen molar-refractivity contribution in [2.24, 2.45) is 5.92 Å². The number of amides is 1. The number of hydrogen-bond donors (Lipinski definition) is 1. The number of hydrogen-bond acceptors (Lipinski definition) is 5. The molecule has 1 N–H and O–H groups in total. The minimum atomic E-state index is -0.436. The highest BCUT2D eigenvalue weighted by molar-refractivity contribution is 5.82. The lowest BCUT2D eigenvalue weighted by molar-refractivity contribution is -0.303. The molecule has 6 heteroatoms. The molecular weight excluding hydrogens is 404 g/mol. The number of carbonyl (C=O) groups is 1.